The Morgan fingerprint density at radius 2 is 1.33 bits per heavy atom. The average molecular weight is 296 g/mol. The van der Waals surface area contributed by atoms with Crippen LogP contribution in [0.3, 0.4) is 0 Å². The van der Waals surface area contributed by atoms with Crippen molar-refractivity contribution >= 4 is 5.97 Å². The monoisotopic (exact) mass is 296 g/mol. The van der Waals surface area contributed by atoms with Crippen molar-refractivity contribution in [2.75, 3.05) is 0 Å². The maximum atomic E-state index is 11.2. The highest BCUT2D eigenvalue weighted by Gasteiger charge is 2.20. The fourth-order valence-electron chi connectivity index (χ4n) is 2.58. The molecule has 0 amide bonds. The molecule has 0 rings (SSSR count). The second-order valence-electron chi connectivity index (χ2n) is 6.67. The zero-order valence-corrected chi connectivity index (χ0v) is 14.6. The summed E-state index contributed by atoms with van der Waals surface area (Å²) < 4.78 is 5.32. The highest BCUT2D eigenvalue weighted by atomic mass is 16.6. The summed E-state index contributed by atoms with van der Waals surface area (Å²) in [5, 5.41) is 0. The smallest absolute Gasteiger partial charge is 0.330 e. The highest BCUT2D eigenvalue weighted by molar-refractivity contribution is 5.81. The molecule has 0 unspecified atom stereocenters. The molecular formula is C19H36O2. The van der Waals surface area contributed by atoms with Gasteiger partial charge >= 0.3 is 5.97 Å². The Hall–Kier alpha value is -0.790. The Balaban J connectivity index is 3.35. The van der Waals surface area contributed by atoms with Gasteiger partial charge in [0.1, 0.15) is 5.60 Å². The summed E-state index contributed by atoms with van der Waals surface area (Å²) in [5.74, 6) is -0.317. The van der Waals surface area contributed by atoms with E-state index in [1.165, 1.54) is 70.3 Å². The lowest BCUT2D eigenvalue weighted by atomic mass is 9.99. The topological polar surface area (TPSA) is 26.3 Å². The molecule has 2 nitrogen and oxygen atoms in total. The van der Waals surface area contributed by atoms with Gasteiger partial charge in [0, 0.05) is 6.08 Å². The van der Waals surface area contributed by atoms with Gasteiger partial charge in [-0.05, 0) is 26.7 Å². The first kappa shape index (κ1) is 20.2. The quantitative estimate of drug-likeness (QED) is 0.217. The maximum absolute atomic E-state index is 11.2. The normalized spacial score (nSPS) is 11.4. The predicted molar refractivity (Wildman–Crippen MR) is 91.4 cm³/mol. The van der Waals surface area contributed by atoms with Gasteiger partial charge in [0.2, 0.25) is 0 Å². The molecule has 0 aliphatic carbocycles. The van der Waals surface area contributed by atoms with Crippen LogP contribution in [0.2, 0.25) is 0 Å². The van der Waals surface area contributed by atoms with Crippen LogP contribution in [0.1, 0.15) is 97.8 Å². The Bertz CT molecular complexity index is 269. The fourth-order valence-corrected chi connectivity index (χ4v) is 2.58. The van der Waals surface area contributed by atoms with Gasteiger partial charge in [0.15, 0.2) is 0 Å². The summed E-state index contributed by atoms with van der Waals surface area (Å²) in [5.41, 5.74) is -0.357. The van der Waals surface area contributed by atoms with Gasteiger partial charge in [0.05, 0.1) is 0 Å². The van der Waals surface area contributed by atoms with Crippen molar-refractivity contribution in [3.8, 4) is 0 Å². The van der Waals surface area contributed by atoms with Gasteiger partial charge in [-0.25, -0.2) is 4.79 Å². The van der Waals surface area contributed by atoms with Crippen molar-refractivity contribution in [2.24, 2.45) is 0 Å². The van der Waals surface area contributed by atoms with E-state index in [0.29, 0.717) is 0 Å². The zero-order chi connectivity index (χ0) is 16.0. The van der Waals surface area contributed by atoms with Crippen LogP contribution < -0.4 is 0 Å². The lowest BCUT2D eigenvalue weighted by Crippen LogP contribution is -2.27. The minimum atomic E-state index is -0.357. The molecule has 0 aliphatic rings. The van der Waals surface area contributed by atoms with Gasteiger partial charge in [-0.2, -0.15) is 0 Å². The summed E-state index contributed by atoms with van der Waals surface area (Å²) in [7, 11) is 0. The van der Waals surface area contributed by atoms with Crippen molar-refractivity contribution in [3.63, 3.8) is 0 Å². The van der Waals surface area contributed by atoms with Crippen LogP contribution in [-0.2, 0) is 9.53 Å². The maximum Gasteiger partial charge on any atom is 0.330 e. The summed E-state index contributed by atoms with van der Waals surface area (Å²) >= 11 is 0. The molecule has 0 heterocycles. The summed E-state index contributed by atoms with van der Waals surface area (Å²) in [6, 6.07) is 0. The van der Waals surface area contributed by atoms with E-state index in [2.05, 4.69) is 13.5 Å². The number of rotatable bonds is 14. The molecule has 0 spiro atoms. The van der Waals surface area contributed by atoms with Gasteiger partial charge in [-0.3, -0.25) is 0 Å². The third-order valence-corrected chi connectivity index (χ3v) is 3.93. The minimum Gasteiger partial charge on any atom is -0.457 e. The molecule has 0 aromatic rings. The Labute approximate surface area is 132 Å². The van der Waals surface area contributed by atoms with Gasteiger partial charge < -0.3 is 4.74 Å². The molecule has 0 saturated carbocycles. The first-order valence-electron chi connectivity index (χ1n) is 8.87. The molecule has 0 saturated heterocycles. The van der Waals surface area contributed by atoms with Crippen LogP contribution in [0.25, 0.3) is 0 Å². The van der Waals surface area contributed by atoms with Gasteiger partial charge in [-0.1, -0.05) is 77.7 Å². The van der Waals surface area contributed by atoms with E-state index in [1.54, 1.807) is 0 Å². The number of hydrogen-bond acceptors (Lipinski definition) is 2. The third-order valence-electron chi connectivity index (χ3n) is 3.93. The third kappa shape index (κ3) is 13.9. The standard InChI is InChI=1S/C19H36O2/c1-5-7-8-9-10-11-12-13-14-15-16-17-19(3,4)21-18(20)6-2/h6H,2,5,7-17H2,1,3-4H3. The lowest BCUT2D eigenvalue weighted by molar-refractivity contribution is -0.150. The average Bonchev–Trinajstić information content (AvgIpc) is 2.44. The van der Waals surface area contributed by atoms with Crippen LogP contribution in [0.4, 0.5) is 0 Å². The molecular weight excluding hydrogens is 260 g/mol. The van der Waals surface area contributed by atoms with Crippen LogP contribution in [-0.4, -0.2) is 11.6 Å². The zero-order valence-electron chi connectivity index (χ0n) is 14.6. The largest absolute Gasteiger partial charge is 0.457 e. The minimum absolute atomic E-state index is 0.317. The van der Waals surface area contributed by atoms with E-state index in [9.17, 15) is 4.79 Å². The number of carbonyl (C=O) groups is 1. The molecule has 0 N–H and O–H groups in total. The molecule has 2 heteroatoms. The van der Waals surface area contributed by atoms with Crippen LogP contribution in [0.15, 0.2) is 12.7 Å². The van der Waals surface area contributed by atoms with Crippen molar-refractivity contribution < 1.29 is 9.53 Å². The Morgan fingerprint density at radius 3 is 1.76 bits per heavy atom. The second-order valence-corrected chi connectivity index (χ2v) is 6.67. The molecule has 0 atom stereocenters. The van der Waals surface area contributed by atoms with Crippen molar-refractivity contribution in [2.45, 2.75) is 103 Å². The van der Waals surface area contributed by atoms with E-state index < -0.39 is 0 Å². The van der Waals surface area contributed by atoms with Gasteiger partial charge in [0.25, 0.3) is 0 Å². The lowest BCUT2D eigenvalue weighted by Gasteiger charge is -2.24. The Kier molecular flexibility index (Phi) is 12.4. The van der Waals surface area contributed by atoms with Gasteiger partial charge in [-0.15, -0.1) is 0 Å². The molecule has 0 aliphatic heterocycles. The van der Waals surface area contributed by atoms with E-state index >= 15 is 0 Å². The van der Waals surface area contributed by atoms with Crippen molar-refractivity contribution in [1.29, 1.82) is 0 Å². The molecule has 124 valence electrons. The van der Waals surface area contributed by atoms with E-state index in [1.807, 2.05) is 13.8 Å². The van der Waals surface area contributed by atoms with E-state index in [-0.39, 0.29) is 11.6 Å². The molecule has 0 aromatic heterocycles. The summed E-state index contributed by atoms with van der Waals surface area (Å²) in [6.45, 7) is 9.65. The molecule has 0 radical (unpaired) electrons. The van der Waals surface area contributed by atoms with Crippen LogP contribution in [0.5, 0.6) is 0 Å². The SMILES string of the molecule is C=CC(=O)OC(C)(C)CCCCCCCCCCCCC. The molecule has 0 fully saturated rings. The van der Waals surface area contributed by atoms with Crippen molar-refractivity contribution in [1.82, 2.24) is 0 Å². The Morgan fingerprint density at radius 1 is 0.905 bits per heavy atom. The van der Waals surface area contributed by atoms with Crippen LogP contribution in [0, 0.1) is 0 Å². The number of unbranched alkanes of at least 4 members (excludes halogenated alkanes) is 10. The first-order valence-corrected chi connectivity index (χ1v) is 8.87. The molecule has 0 bridgehead atoms. The summed E-state index contributed by atoms with van der Waals surface area (Å²) in [6.07, 6.45) is 16.9. The van der Waals surface area contributed by atoms with E-state index in [0.717, 1.165) is 12.8 Å². The number of ether oxygens (including phenoxy) is 1. The van der Waals surface area contributed by atoms with Crippen molar-refractivity contribution in [3.05, 3.63) is 12.7 Å². The predicted octanol–water partition coefficient (Wildman–Crippen LogP) is 6.20. The molecule has 21 heavy (non-hydrogen) atoms. The summed E-state index contributed by atoms with van der Waals surface area (Å²) in [4.78, 5) is 11.2. The number of carbonyl (C=O) groups excluding carboxylic acids is 1. The number of esters is 1. The second kappa shape index (κ2) is 12.9. The molecule has 0 aromatic carbocycles. The van der Waals surface area contributed by atoms with E-state index in [4.69, 9.17) is 4.74 Å². The highest BCUT2D eigenvalue weighted by Crippen LogP contribution is 2.20. The van der Waals surface area contributed by atoms with Crippen LogP contribution >= 0.6 is 0 Å². The fraction of sp³-hybridized carbons (Fsp3) is 0.842. The number of hydrogen-bond donors (Lipinski definition) is 0. The first-order chi connectivity index (χ1) is 10.0.